The predicted octanol–water partition coefficient (Wildman–Crippen LogP) is 4.71. The molecule has 146 valence electrons. The molecule has 0 unspecified atom stereocenters. The highest BCUT2D eigenvalue weighted by Crippen LogP contribution is 2.37. The van der Waals surface area contributed by atoms with Gasteiger partial charge in [-0.3, -0.25) is 9.59 Å². The Morgan fingerprint density at radius 1 is 1.14 bits per heavy atom. The van der Waals surface area contributed by atoms with E-state index in [0.717, 1.165) is 59.0 Å². The smallest absolute Gasteiger partial charge is 0.163 e. The lowest BCUT2D eigenvalue weighted by Gasteiger charge is -2.20. The first kappa shape index (κ1) is 18.9. The summed E-state index contributed by atoms with van der Waals surface area (Å²) in [5.41, 5.74) is 5.05. The van der Waals surface area contributed by atoms with Crippen LogP contribution in [0.25, 0.3) is 21.8 Å². The summed E-state index contributed by atoms with van der Waals surface area (Å²) in [6.45, 7) is 8.99. The zero-order chi connectivity index (χ0) is 20.0. The van der Waals surface area contributed by atoms with Crippen molar-refractivity contribution in [2.45, 2.75) is 40.2 Å². The Hall–Kier alpha value is -2.46. The second kappa shape index (κ2) is 7.17. The third-order valence-electron chi connectivity index (χ3n) is 5.83. The first-order chi connectivity index (χ1) is 13.4. The average molecular weight is 377 g/mol. The average Bonchev–Trinajstić information content (AvgIpc) is 3.16. The van der Waals surface area contributed by atoms with Crippen molar-refractivity contribution in [3.05, 3.63) is 47.0 Å². The van der Waals surface area contributed by atoms with E-state index in [1.165, 1.54) is 5.52 Å². The predicted molar refractivity (Wildman–Crippen MR) is 114 cm³/mol. The quantitative estimate of drug-likeness (QED) is 0.585. The summed E-state index contributed by atoms with van der Waals surface area (Å²) >= 11 is 0. The lowest BCUT2D eigenvalue weighted by atomic mass is 10.0. The molecule has 28 heavy (non-hydrogen) atoms. The molecule has 1 heterocycles. The summed E-state index contributed by atoms with van der Waals surface area (Å²) in [5, 5.41) is 2.26. The number of hydrogen-bond donors (Lipinski definition) is 0. The van der Waals surface area contributed by atoms with Crippen LogP contribution >= 0.6 is 0 Å². The van der Waals surface area contributed by atoms with E-state index in [4.69, 9.17) is 0 Å². The van der Waals surface area contributed by atoms with Crippen LogP contribution in [0.1, 0.15) is 53.5 Å². The number of benzene rings is 2. The maximum absolute atomic E-state index is 12.3. The Labute approximate surface area is 166 Å². The molecule has 0 bridgehead atoms. The molecule has 0 N–H and O–H groups in total. The second-order valence-corrected chi connectivity index (χ2v) is 8.50. The van der Waals surface area contributed by atoms with Crippen molar-refractivity contribution in [1.29, 1.82) is 0 Å². The molecule has 1 aliphatic rings. The molecule has 2 aromatic carbocycles. The Bertz CT molecular complexity index is 1090. The molecule has 3 aromatic rings. The van der Waals surface area contributed by atoms with E-state index in [1.54, 1.807) is 6.92 Å². The van der Waals surface area contributed by atoms with Crippen LogP contribution in [0.5, 0.6) is 0 Å². The van der Waals surface area contributed by atoms with E-state index < -0.39 is 0 Å². The fraction of sp³-hybridized carbons (Fsp3) is 0.417. The van der Waals surface area contributed by atoms with Crippen molar-refractivity contribution < 1.29 is 9.59 Å². The van der Waals surface area contributed by atoms with E-state index >= 15 is 0 Å². The van der Waals surface area contributed by atoms with Crippen molar-refractivity contribution in [2.75, 3.05) is 20.1 Å². The van der Waals surface area contributed by atoms with Gasteiger partial charge in [-0.1, -0.05) is 13.8 Å². The molecular weight excluding hydrogens is 348 g/mol. The second-order valence-electron chi connectivity index (χ2n) is 8.50. The zero-order valence-corrected chi connectivity index (χ0v) is 17.2. The minimum absolute atomic E-state index is 0.0723. The third kappa shape index (κ3) is 3.16. The van der Waals surface area contributed by atoms with Crippen LogP contribution in [0.15, 0.2) is 30.3 Å². The molecule has 1 aliphatic carbocycles. The van der Waals surface area contributed by atoms with Gasteiger partial charge in [-0.2, -0.15) is 0 Å². The normalized spacial score (nSPS) is 14.0. The first-order valence-electron chi connectivity index (χ1n) is 10.2. The number of carbonyl (C=O) groups excluding carboxylic acids is 2. The van der Waals surface area contributed by atoms with Crippen molar-refractivity contribution >= 4 is 33.4 Å². The van der Waals surface area contributed by atoms with Crippen LogP contribution < -0.4 is 0 Å². The molecule has 4 heteroatoms. The molecule has 0 radical (unpaired) electrons. The summed E-state index contributed by atoms with van der Waals surface area (Å²) in [6, 6.07) is 10.1. The monoisotopic (exact) mass is 376 g/mol. The van der Waals surface area contributed by atoms with Gasteiger partial charge in [0.2, 0.25) is 0 Å². The number of ketones is 2. The molecule has 0 amide bonds. The van der Waals surface area contributed by atoms with Gasteiger partial charge in [0.05, 0.1) is 0 Å². The highest BCUT2D eigenvalue weighted by Gasteiger charge is 2.25. The minimum Gasteiger partial charge on any atom is -0.339 e. The van der Waals surface area contributed by atoms with Gasteiger partial charge in [0.25, 0.3) is 0 Å². The molecule has 4 rings (SSSR count). The molecule has 1 aromatic heterocycles. The number of aryl methyl sites for hydroxylation is 1. The van der Waals surface area contributed by atoms with Crippen molar-refractivity contribution in [1.82, 2.24) is 9.47 Å². The zero-order valence-electron chi connectivity index (χ0n) is 17.2. The van der Waals surface area contributed by atoms with E-state index in [9.17, 15) is 9.59 Å². The number of fused-ring (bicyclic) bond motifs is 5. The van der Waals surface area contributed by atoms with E-state index in [1.807, 2.05) is 18.2 Å². The number of hydrogen-bond acceptors (Lipinski definition) is 3. The van der Waals surface area contributed by atoms with Crippen molar-refractivity contribution in [2.24, 2.45) is 5.92 Å². The van der Waals surface area contributed by atoms with Crippen LogP contribution in [0.4, 0.5) is 0 Å². The maximum atomic E-state index is 12.3. The van der Waals surface area contributed by atoms with Gasteiger partial charge < -0.3 is 9.47 Å². The van der Waals surface area contributed by atoms with Gasteiger partial charge in [0.15, 0.2) is 11.6 Å². The minimum atomic E-state index is 0.0723. The standard InChI is InChI=1S/C24H28N2O2/c1-15(2)14-25(4)11-12-26-21-8-5-17(16(3)27)13-20(21)24-19-7-10-23(28)18(19)6-9-22(24)26/h5-6,8-9,13,15H,7,10-12,14H2,1-4H3. The highest BCUT2D eigenvalue weighted by molar-refractivity contribution is 6.16. The van der Waals surface area contributed by atoms with Crippen LogP contribution in [-0.2, 0) is 13.0 Å². The molecule has 0 atom stereocenters. The van der Waals surface area contributed by atoms with E-state index in [0.29, 0.717) is 12.3 Å². The topological polar surface area (TPSA) is 42.3 Å². The van der Waals surface area contributed by atoms with E-state index in [2.05, 4.69) is 42.5 Å². The Morgan fingerprint density at radius 3 is 2.61 bits per heavy atom. The number of aromatic nitrogens is 1. The van der Waals surface area contributed by atoms with Gasteiger partial charge in [-0.15, -0.1) is 0 Å². The summed E-state index contributed by atoms with van der Waals surface area (Å²) < 4.78 is 2.36. The van der Waals surface area contributed by atoms with E-state index in [-0.39, 0.29) is 11.6 Å². The van der Waals surface area contributed by atoms with Crippen LogP contribution in [0.3, 0.4) is 0 Å². The summed E-state index contributed by atoms with van der Waals surface area (Å²) in [5.74, 6) is 0.941. The number of rotatable bonds is 6. The maximum Gasteiger partial charge on any atom is 0.163 e. The summed E-state index contributed by atoms with van der Waals surface area (Å²) in [6.07, 6.45) is 1.38. The number of carbonyl (C=O) groups is 2. The molecule has 0 saturated carbocycles. The molecule has 0 saturated heterocycles. The summed E-state index contributed by atoms with van der Waals surface area (Å²) in [4.78, 5) is 26.6. The van der Waals surface area contributed by atoms with Gasteiger partial charge in [-0.25, -0.2) is 0 Å². The van der Waals surface area contributed by atoms with Crippen molar-refractivity contribution in [3.8, 4) is 0 Å². The molecule has 0 aliphatic heterocycles. The fourth-order valence-electron chi connectivity index (χ4n) is 4.60. The number of likely N-dealkylation sites (N-methyl/N-ethyl adjacent to an activating group) is 1. The van der Waals surface area contributed by atoms with Gasteiger partial charge in [-0.05, 0) is 62.2 Å². The van der Waals surface area contributed by atoms with Crippen LogP contribution in [0.2, 0.25) is 0 Å². The number of Topliss-reactive ketones (excluding diaryl/α,β-unsaturated/α-hetero) is 2. The fourth-order valence-corrected chi connectivity index (χ4v) is 4.60. The van der Waals surface area contributed by atoms with Crippen LogP contribution in [0, 0.1) is 5.92 Å². The third-order valence-corrected chi connectivity index (χ3v) is 5.83. The Kier molecular flexibility index (Phi) is 4.84. The Balaban J connectivity index is 1.88. The summed E-state index contributed by atoms with van der Waals surface area (Å²) in [7, 11) is 2.16. The Morgan fingerprint density at radius 2 is 1.89 bits per heavy atom. The first-order valence-corrected chi connectivity index (χ1v) is 10.2. The van der Waals surface area contributed by atoms with Gasteiger partial charge in [0.1, 0.15) is 0 Å². The molecule has 0 fully saturated rings. The van der Waals surface area contributed by atoms with Crippen molar-refractivity contribution in [3.63, 3.8) is 0 Å². The van der Waals surface area contributed by atoms with Gasteiger partial charge >= 0.3 is 0 Å². The SMILES string of the molecule is CC(=O)c1ccc2c(c1)c1c3c(ccc1n2CCN(C)CC(C)C)C(=O)CC3. The van der Waals surface area contributed by atoms with Gasteiger partial charge in [0, 0.05) is 59.0 Å². The molecule has 0 spiro atoms. The lowest BCUT2D eigenvalue weighted by Crippen LogP contribution is -2.27. The van der Waals surface area contributed by atoms with Crippen LogP contribution in [-0.4, -0.2) is 41.2 Å². The molecule has 4 nitrogen and oxygen atoms in total. The largest absolute Gasteiger partial charge is 0.339 e. The molecular formula is C24H28N2O2. The highest BCUT2D eigenvalue weighted by atomic mass is 16.1. The number of nitrogens with zero attached hydrogens (tertiary/aromatic N) is 2. The lowest BCUT2D eigenvalue weighted by molar-refractivity contribution is 0.0991.